The van der Waals surface area contributed by atoms with Crippen molar-refractivity contribution in [1.29, 1.82) is 0 Å². The summed E-state index contributed by atoms with van der Waals surface area (Å²) in [5.41, 5.74) is 1.03. The van der Waals surface area contributed by atoms with Gasteiger partial charge in [0.25, 0.3) is 0 Å². The van der Waals surface area contributed by atoms with E-state index in [1.54, 1.807) is 7.11 Å². The van der Waals surface area contributed by atoms with Crippen LogP contribution in [0.2, 0.25) is 0 Å². The maximum Gasteiger partial charge on any atom is 0.226 e. The summed E-state index contributed by atoms with van der Waals surface area (Å²) in [5.74, 6) is 1.82. The van der Waals surface area contributed by atoms with E-state index >= 15 is 0 Å². The summed E-state index contributed by atoms with van der Waals surface area (Å²) in [7, 11) is 1.69. The van der Waals surface area contributed by atoms with E-state index in [1.807, 2.05) is 24.3 Å². The van der Waals surface area contributed by atoms with E-state index < -0.39 is 0 Å². The number of piperazine rings is 1. The summed E-state index contributed by atoms with van der Waals surface area (Å²) in [6, 6.07) is 7.97. The number of methoxy groups -OCH3 is 1. The van der Waals surface area contributed by atoms with Crippen LogP contribution in [0.5, 0.6) is 5.75 Å². The molecule has 2 aliphatic rings. The Hall–Kier alpha value is -2.34. The maximum atomic E-state index is 13.5. The highest BCUT2D eigenvalue weighted by Gasteiger charge is 2.28. The monoisotopic (exact) mass is 511 g/mol. The van der Waals surface area contributed by atoms with Crippen molar-refractivity contribution in [2.75, 3.05) is 52.9 Å². The summed E-state index contributed by atoms with van der Waals surface area (Å²) in [6.07, 6.45) is 14.0. The van der Waals surface area contributed by atoms with Crippen molar-refractivity contribution in [2.24, 2.45) is 11.8 Å². The Morgan fingerprint density at radius 3 is 2.49 bits per heavy atom. The lowest BCUT2D eigenvalue weighted by Crippen LogP contribution is -2.52. The third kappa shape index (κ3) is 8.87. The molecule has 1 unspecified atom stereocenters. The number of para-hydroxylation sites is 1. The van der Waals surface area contributed by atoms with Gasteiger partial charge in [-0.25, -0.2) is 0 Å². The zero-order chi connectivity index (χ0) is 26.5. The predicted octanol–water partition coefficient (Wildman–Crippen LogP) is 5.48. The number of unbranched alkanes of at least 4 members (excludes halogenated alkanes) is 1. The second-order valence-corrected chi connectivity index (χ2v) is 10.7. The van der Waals surface area contributed by atoms with Crippen LogP contribution in [0.1, 0.15) is 77.2 Å². The topological polar surface area (TPSA) is 53.1 Å². The number of hydrogen-bond acceptors (Lipinski definition) is 4. The lowest BCUT2D eigenvalue weighted by Gasteiger charge is -2.37. The molecule has 0 spiro atoms. The van der Waals surface area contributed by atoms with Crippen LogP contribution in [-0.2, 0) is 9.59 Å². The Bertz CT molecular complexity index is 857. The number of carbonyl (C=O) groups excluding carboxylic acids is 2. The molecule has 1 heterocycles. The Morgan fingerprint density at radius 1 is 1.08 bits per heavy atom. The van der Waals surface area contributed by atoms with Gasteiger partial charge < -0.3 is 14.5 Å². The quantitative estimate of drug-likeness (QED) is 0.352. The number of rotatable bonds is 13. The molecule has 6 heteroatoms. The second-order valence-electron chi connectivity index (χ2n) is 10.7. The Balaban J connectivity index is 1.55. The van der Waals surface area contributed by atoms with Gasteiger partial charge in [0, 0.05) is 63.2 Å². The molecule has 6 nitrogen and oxygen atoms in total. The molecule has 1 aromatic rings. The van der Waals surface area contributed by atoms with Crippen LogP contribution in [-0.4, -0.2) is 79.4 Å². The second kappa shape index (κ2) is 15.8. The van der Waals surface area contributed by atoms with Crippen molar-refractivity contribution in [2.45, 2.75) is 71.6 Å². The number of nitrogens with zero attached hydrogens (tertiary/aromatic N) is 3. The minimum absolute atomic E-state index is 0.164. The van der Waals surface area contributed by atoms with Crippen molar-refractivity contribution >= 4 is 17.9 Å². The lowest BCUT2D eigenvalue weighted by atomic mass is 9.88. The van der Waals surface area contributed by atoms with Crippen molar-refractivity contribution in [3.63, 3.8) is 0 Å². The van der Waals surface area contributed by atoms with Crippen LogP contribution in [0.25, 0.3) is 6.08 Å². The molecule has 37 heavy (non-hydrogen) atoms. The van der Waals surface area contributed by atoms with Gasteiger partial charge in [0.2, 0.25) is 11.8 Å². The van der Waals surface area contributed by atoms with E-state index in [9.17, 15) is 9.59 Å². The van der Waals surface area contributed by atoms with E-state index in [-0.39, 0.29) is 11.8 Å². The number of hydrogen-bond donors (Lipinski definition) is 0. The smallest absolute Gasteiger partial charge is 0.226 e. The molecule has 1 saturated carbocycles. The van der Waals surface area contributed by atoms with Gasteiger partial charge in [0.05, 0.1) is 7.11 Å². The number of benzene rings is 1. The molecule has 1 aromatic carbocycles. The van der Waals surface area contributed by atoms with Gasteiger partial charge in [-0.3, -0.25) is 14.5 Å². The van der Waals surface area contributed by atoms with Crippen LogP contribution in [0.4, 0.5) is 0 Å². The SMILES string of the molecule is CCCCC(CC)C(=O)N1CCN(CCN(C/C=C/c2ccccc2OC)C(=O)C2CCCCC2)CC1. The molecule has 1 aliphatic heterocycles. The molecule has 1 atom stereocenters. The van der Waals surface area contributed by atoms with E-state index in [0.717, 1.165) is 102 Å². The molecule has 1 saturated heterocycles. The number of ether oxygens (including phenoxy) is 1. The summed E-state index contributed by atoms with van der Waals surface area (Å²) < 4.78 is 5.47. The first-order valence-corrected chi connectivity index (χ1v) is 14.7. The summed E-state index contributed by atoms with van der Waals surface area (Å²) in [6.45, 7) is 9.89. The molecule has 0 aromatic heterocycles. The van der Waals surface area contributed by atoms with Gasteiger partial charge in [0.15, 0.2) is 0 Å². The fourth-order valence-corrected chi connectivity index (χ4v) is 5.68. The minimum atomic E-state index is 0.164. The van der Waals surface area contributed by atoms with Gasteiger partial charge in [-0.1, -0.05) is 76.3 Å². The van der Waals surface area contributed by atoms with E-state index in [1.165, 1.54) is 6.42 Å². The lowest BCUT2D eigenvalue weighted by molar-refractivity contribution is -0.137. The fourth-order valence-electron chi connectivity index (χ4n) is 5.68. The van der Waals surface area contributed by atoms with Crippen LogP contribution in [0.15, 0.2) is 30.3 Å². The Morgan fingerprint density at radius 2 is 1.81 bits per heavy atom. The Kier molecular flexibility index (Phi) is 12.5. The van der Waals surface area contributed by atoms with E-state index in [2.05, 4.69) is 40.7 Å². The van der Waals surface area contributed by atoms with Gasteiger partial charge in [-0.15, -0.1) is 0 Å². The van der Waals surface area contributed by atoms with Crippen molar-refractivity contribution in [3.05, 3.63) is 35.9 Å². The highest BCUT2D eigenvalue weighted by Crippen LogP contribution is 2.26. The predicted molar refractivity (Wildman–Crippen MR) is 152 cm³/mol. The van der Waals surface area contributed by atoms with E-state index in [0.29, 0.717) is 18.4 Å². The molecule has 0 bridgehead atoms. The summed E-state index contributed by atoms with van der Waals surface area (Å²) in [5, 5.41) is 0. The normalized spacial score (nSPS) is 18.2. The van der Waals surface area contributed by atoms with Gasteiger partial charge >= 0.3 is 0 Å². The zero-order valence-corrected chi connectivity index (χ0v) is 23.5. The van der Waals surface area contributed by atoms with Crippen molar-refractivity contribution < 1.29 is 14.3 Å². The van der Waals surface area contributed by atoms with Crippen LogP contribution in [0.3, 0.4) is 0 Å². The van der Waals surface area contributed by atoms with Crippen LogP contribution >= 0.6 is 0 Å². The number of amides is 2. The highest BCUT2D eigenvalue weighted by atomic mass is 16.5. The van der Waals surface area contributed by atoms with Crippen molar-refractivity contribution in [3.8, 4) is 5.75 Å². The van der Waals surface area contributed by atoms with E-state index in [4.69, 9.17) is 4.74 Å². The number of carbonyl (C=O) groups is 2. The molecule has 3 rings (SSSR count). The first-order valence-electron chi connectivity index (χ1n) is 14.7. The third-order valence-corrected chi connectivity index (χ3v) is 8.15. The fraction of sp³-hybridized carbons (Fsp3) is 0.677. The standard InChI is InChI=1S/C31H49N3O3/c1-4-6-13-26(5-2)30(35)34-24-21-32(22-25-34)20-23-33(31(36)28-15-8-7-9-16-28)19-12-17-27-14-10-11-18-29(27)37-3/h10-12,14,17-18,26,28H,4-9,13,15-16,19-25H2,1-3H3/b17-12+. The van der Waals surface area contributed by atoms with Crippen LogP contribution in [0, 0.1) is 11.8 Å². The molecule has 1 aliphatic carbocycles. The summed E-state index contributed by atoms with van der Waals surface area (Å²) in [4.78, 5) is 33.0. The molecule has 0 radical (unpaired) electrons. The molecule has 206 valence electrons. The first-order chi connectivity index (χ1) is 18.1. The average Bonchev–Trinajstić information content (AvgIpc) is 2.95. The molecular formula is C31H49N3O3. The van der Waals surface area contributed by atoms with Gasteiger partial charge in [0.1, 0.15) is 5.75 Å². The van der Waals surface area contributed by atoms with Gasteiger partial charge in [-0.05, 0) is 31.7 Å². The Labute approximate surface area is 225 Å². The molecule has 0 N–H and O–H groups in total. The minimum Gasteiger partial charge on any atom is -0.496 e. The molecular weight excluding hydrogens is 462 g/mol. The van der Waals surface area contributed by atoms with Gasteiger partial charge in [-0.2, -0.15) is 0 Å². The van der Waals surface area contributed by atoms with Crippen LogP contribution < -0.4 is 4.74 Å². The molecule has 2 fully saturated rings. The average molecular weight is 512 g/mol. The first kappa shape index (κ1) is 29.2. The van der Waals surface area contributed by atoms with Crippen molar-refractivity contribution in [1.82, 2.24) is 14.7 Å². The highest BCUT2D eigenvalue weighted by molar-refractivity contribution is 5.79. The maximum absolute atomic E-state index is 13.5. The molecule has 2 amide bonds. The third-order valence-electron chi connectivity index (χ3n) is 8.15. The zero-order valence-electron chi connectivity index (χ0n) is 23.5. The largest absolute Gasteiger partial charge is 0.496 e. The summed E-state index contributed by atoms with van der Waals surface area (Å²) >= 11 is 0.